The predicted molar refractivity (Wildman–Crippen MR) is 62.3 cm³/mol. The smallest absolute Gasteiger partial charge is 0.422 e. The van der Waals surface area contributed by atoms with Crippen LogP contribution in [0.3, 0.4) is 0 Å². The van der Waals surface area contributed by atoms with Crippen molar-refractivity contribution in [3.63, 3.8) is 0 Å². The van der Waals surface area contributed by atoms with Gasteiger partial charge >= 0.3 is 6.18 Å². The van der Waals surface area contributed by atoms with Gasteiger partial charge < -0.3 is 10.1 Å². The molecule has 0 spiro atoms. The molecule has 1 heterocycles. The molecule has 0 bridgehead atoms. The van der Waals surface area contributed by atoms with Gasteiger partial charge in [0.1, 0.15) is 0 Å². The second kappa shape index (κ2) is 6.58. The van der Waals surface area contributed by atoms with Crippen LogP contribution >= 0.6 is 0 Å². The van der Waals surface area contributed by atoms with Crippen molar-refractivity contribution in [1.82, 2.24) is 10.3 Å². The zero-order chi connectivity index (χ0) is 13.6. The van der Waals surface area contributed by atoms with Gasteiger partial charge in [0, 0.05) is 18.8 Å². The van der Waals surface area contributed by atoms with E-state index in [9.17, 15) is 13.2 Å². The minimum absolute atomic E-state index is 0.0139. The lowest BCUT2D eigenvalue weighted by molar-refractivity contribution is -0.154. The van der Waals surface area contributed by atoms with Crippen molar-refractivity contribution < 1.29 is 17.9 Å². The molecule has 3 nitrogen and oxygen atoms in total. The van der Waals surface area contributed by atoms with Gasteiger partial charge in [-0.3, -0.25) is 0 Å². The Morgan fingerprint density at radius 2 is 2.06 bits per heavy atom. The van der Waals surface area contributed by atoms with Crippen molar-refractivity contribution in [3.05, 3.63) is 23.9 Å². The molecule has 0 aliphatic heterocycles. The molecule has 0 saturated heterocycles. The molecule has 0 unspecified atom stereocenters. The molecule has 0 fully saturated rings. The highest BCUT2D eigenvalue weighted by Crippen LogP contribution is 2.16. The van der Waals surface area contributed by atoms with E-state index in [1.807, 2.05) is 0 Å². The monoisotopic (exact) mass is 262 g/mol. The van der Waals surface area contributed by atoms with Crippen molar-refractivity contribution in [2.45, 2.75) is 26.6 Å². The number of hydrogen-bond acceptors (Lipinski definition) is 3. The Morgan fingerprint density at radius 3 is 2.56 bits per heavy atom. The van der Waals surface area contributed by atoms with Gasteiger partial charge in [-0.2, -0.15) is 13.2 Å². The Hall–Kier alpha value is -1.30. The zero-order valence-corrected chi connectivity index (χ0v) is 10.4. The lowest BCUT2D eigenvalue weighted by Crippen LogP contribution is -2.20. The third-order valence-electron chi connectivity index (χ3n) is 2.06. The summed E-state index contributed by atoms with van der Waals surface area (Å²) >= 11 is 0. The summed E-state index contributed by atoms with van der Waals surface area (Å²) in [5.41, 5.74) is 0.912. The molecule has 1 N–H and O–H groups in total. The molecule has 0 radical (unpaired) electrons. The third kappa shape index (κ3) is 6.44. The lowest BCUT2D eigenvalue weighted by atomic mass is 10.2. The summed E-state index contributed by atoms with van der Waals surface area (Å²) in [5, 5.41) is 3.22. The van der Waals surface area contributed by atoms with Crippen molar-refractivity contribution in [3.8, 4) is 5.88 Å². The Bertz CT molecular complexity index is 349. The highest BCUT2D eigenvalue weighted by molar-refractivity contribution is 5.17. The summed E-state index contributed by atoms with van der Waals surface area (Å²) in [6.07, 6.45) is -2.82. The van der Waals surface area contributed by atoms with Gasteiger partial charge in [0.15, 0.2) is 6.61 Å². The Morgan fingerprint density at radius 1 is 1.33 bits per heavy atom. The molecule has 6 heteroatoms. The first-order chi connectivity index (χ1) is 8.37. The maximum Gasteiger partial charge on any atom is 0.422 e. The highest BCUT2D eigenvalue weighted by Gasteiger charge is 2.28. The number of ether oxygens (including phenoxy) is 1. The van der Waals surface area contributed by atoms with Crippen LogP contribution in [0.1, 0.15) is 19.4 Å². The van der Waals surface area contributed by atoms with Crippen LogP contribution in [0.4, 0.5) is 13.2 Å². The predicted octanol–water partition coefficient (Wildman–Crippen LogP) is 2.77. The van der Waals surface area contributed by atoms with Gasteiger partial charge in [-0.05, 0) is 18.0 Å². The van der Waals surface area contributed by atoms with E-state index in [1.54, 1.807) is 6.07 Å². The van der Waals surface area contributed by atoms with Crippen LogP contribution in [0.5, 0.6) is 5.88 Å². The molecule has 1 aromatic heterocycles. The largest absolute Gasteiger partial charge is 0.468 e. The van der Waals surface area contributed by atoms with Crippen molar-refractivity contribution in [2.24, 2.45) is 5.92 Å². The Kier molecular flexibility index (Phi) is 5.40. The van der Waals surface area contributed by atoms with Crippen LogP contribution in [0.25, 0.3) is 0 Å². The Balaban J connectivity index is 2.38. The molecule has 1 aromatic rings. The molecule has 102 valence electrons. The SMILES string of the molecule is CC(C)CNCc1ccc(OCC(F)(F)F)nc1. The first-order valence-electron chi connectivity index (χ1n) is 5.72. The van der Waals surface area contributed by atoms with Crippen molar-refractivity contribution >= 4 is 0 Å². The fraction of sp³-hybridized carbons (Fsp3) is 0.583. The number of nitrogens with zero attached hydrogens (tertiary/aromatic N) is 1. The van der Waals surface area contributed by atoms with Crippen molar-refractivity contribution in [2.75, 3.05) is 13.2 Å². The minimum atomic E-state index is -4.33. The fourth-order valence-electron chi connectivity index (χ4n) is 1.26. The average molecular weight is 262 g/mol. The fourth-order valence-corrected chi connectivity index (χ4v) is 1.26. The standard InChI is InChI=1S/C12H17F3N2O/c1-9(2)5-16-6-10-3-4-11(17-7-10)18-8-12(13,14)15/h3-4,7,9,16H,5-6,8H2,1-2H3. The summed E-state index contributed by atoms with van der Waals surface area (Å²) < 4.78 is 40.2. The number of pyridine rings is 1. The first-order valence-corrected chi connectivity index (χ1v) is 5.72. The Labute approximate surface area is 104 Å². The van der Waals surface area contributed by atoms with Crippen molar-refractivity contribution in [1.29, 1.82) is 0 Å². The number of hydrogen-bond donors (Lipinski definition) is 1. The minimum Gasteiger partial charge on any atom is -0.468 e. The van der Waals surface area contributed by atoms with Crippen LogP contribution in [0.2, 0.25) is 0 Å². The summed E-state index contributed by atoms with van der Waals surface area (Å²) in [7, 11) is 0. The molecule has 0 amide bonds. The average Bonchev–Trinajstić information content (AvgIpc) is 2.26. The van der Waals surface area contributed by atoms with Gasteiger partial charge in [-0.25, -0.2) is 4.98 Å². The molecule has 1 rings (SSSR count). The number of rotatable bonds is 6. The third-order valence-corrected chi connectivity index (χ3v) is 2.06. The van der Waals surface area contributed by atoms with Crippen LogP contribution in [0.15, 0.2) is 18.3 Å². The second-order valence-corrected chi connectivity index (χ2v) is 4.43. The maximum absolute atomic E-state index is 11.9. The summed E-state index contributed by atoms with van der Waals surface area (Å²) in [6, 6.07) is 3.14. The van der Waals surface area contributed by atoms with E-state index in [0.29, 0.717) is 12.5 Å². The second-order valence-electron chi connectivity index (χ2n) is 4.43. The number of halogens is 3. The molecular formula is C12H17F3N2O. The molecular weight excluding hydrogens is 245 g/mol. The number of aromatic nitrogens is 1. The number of nitrogens with one attached hydrogen (secondary N) is 1. The van der Waals surface area contributed by atoms with E-state index in [-0.39, 0.29) is 5.88 Å². The summed E-state index contributed by atoms with van der Waals surface area (Å²) in [6.45, 7) is 4.40. The molecule has 0 atom stereocenters. The zero-order valence-electron chi connectivity index (χ0n) is 10.4. The quantitative estimate of drug-likeness (QED) is 0.856. The van der Waals surface area contributed by atoms with Crippen LogP contribution in [-0.4, -0.2) is 24.3 Å². The van der Waals surface area contributed by atoms with Gasteiger partial charge in [0.2, 0.25) is 5.88 Å². The molecule has 0 aromatic carbocycles. The van der Waals surface area contributed by atoms with Crippen LogP contribution in [-0.2, 0) is 6.54 Å². The first kappa shape index (κ1) is 14.8. The molecule has 18 heavy (non-hydrogen) atoms. The van der Waals surface area contributed by atoms with Gasteiger partial charge in [-0.15, -0.1) is 0 Å². The van der Waals surface area contributed by atoms with Gasteiger partial charge in [-0.1, -0.05) is 19.9 Å². The summed E-state index contributed by atoms with van der Waals surface area (Å²) in [4.78, 5) is 3.82. The summed E-state index contributed by atoms with van der Waals surface area (Å²) in [5.74, 6) is 0.535. The van der Waals surface area contributed by atoms with Gasteiger partial charge in [0.25, 0.3) is 0 Å². The number of alkyl halides is 3. The van der Waals surface area contributed by atoms with E-state index in [4.69, 9.17) is 0 Å². The van der Waals surface area contributed by atoms with E-state index < -0.39 is 12.8 Å². The normalized spacial score (nSPS) is 11.9. The van der Waals surface area contributed by atoms with Gasteiger partial charge in [0.05, 0.1) is 0 Å². The lowest BCUT2D eigenvalue weighted by Gasteiger charge is -2.09. The van der Waals surface area contributed by atoms with Crippen LogP contribution < -0.4 is 10.1 Å². The van der Waals surface area contributed by atoms with E-state index in [1.165, 1.54) is 12.3 Å². The molecule has 0 aliphatic rings. The topological polar surface area (TPSA) is 34.1 Å². The van der Waals surface area contributed by atoms with Crippen LogP contribution in [0, 0.1) is 5.92 Å². The van der Waals surface area contributed by atoms with E-state index in [0.717, 1.165) is 12.1 Å². The van der Waals surface area contributed by atoms with E-state index >= 15 is 0 Å². The highest BCUT2D eigenvalue weighted by atomic mass is 19.4. The molecule has 0 aliphatic carbocycles. The molecule has 0 saturated carbocycles. The maximum atomic E-state index is 11.9. The van der Waals surface area contributed by atoms with E-state index in [2.05, 4.69) is 28.9 Å².